The van der Waals surface area contributed by atoms with Crippen molar-refractivity contribution < 1.29 is 0 Å². The third-order valence-corrected chi connectivity index (χ3v) is 14.3. The van der Waals surface area contributed by atoms with Gasteiger partial charge in [-0.2, -0.15) is 0 Å². The van der Waals surface area contributed by atoms with Crippen LogP contribution >= 0.6 is 15.8 Å². The Morgan fingerprint density at radius 1 is 0.267 bits per heavy atom. The lowest BCUT2D eigenvalue weighted by Gasteiger charge is -2.57. The molecule has 0 spiro atoms. The molecule has 0 heterocycles. The summed E-state index contributed by atoms with van der Waals surface area (Å²) < 4.78 is 11.4. The molecule has 0 fully saturated rings. The van der Waals surface area contributed by atoms with Crippen molar-refractivity contribution in [3.05, 3.63) is 0 Å². The zero-order valence-corrected chi connectivity index (χ0v) is 25.1. The predicted octanol–water partition coefficient (Wildman–Crippen LogP) is 8.00. The van der Waals surface area contributed by atoms with Crippen LogP contribution in [0.25, 0.3) is 0 Å². The molecule has 0 aliphatic rings. The van der Waals surface area contributed by atoms with Gasteiger partial charge in [0.15, 0.2) is 0 Å². The maximum Gasteiger partial charge on any atom is 0.0985 e. The second kappa shape index (κ2) is 13.4. The van der Waals surface area contributed by atoms with E-state index in [2.05, 4.69) is 129 Å². The molecule has 0 bridgehead atoms. The van der Waals surface area contributed by atoms with E-state index in [0.717, 1.165) is 0 Å². The molecule has 0 aromatic heterocycles. The standard InChI is InChI=1S/C24H56N4P2/c1-17(2)25(18(3)4)29(26(19(5)6)20(7)8)30(27(21(9)10)22(11)12)28(23(13)14)24(15)16/h17-24H,1-16H3. The Bertz CT molecular complexity index is 350. The van der Waals surface area contributed by atoms with E-state index in [1.807, 2.05) is 0 Å². The van der Waals surface area contributed by atoms with Crippen molar-refractivity contribution in [2.45, 2.75) is 159 Å². The number of nitrogens with zero attached hydrogens (tertiary/aromatic N) is 4. The highest BCUT2D eigenvalue weighted by Gasteiger charge is 2.46. The van der Waals surface area contributed by atoms with Gasteiger partial charge >= 0.3 is 0 Å². The van der Waals surface area contributed by atoms with E-state index < -0.39 is 15.8 Å². The average molecular weight is 463 g/mol. The van der Waals surface area contributed by atoms with Crippen LogP contribution in [-0.4, -0.2) is 67.0 Å². The summed E-state index contributed by atoms with van der Waals surface area (Å²) in [5, 5.41) is 0. The van der Waals surface area contributed by atoms with Crippen LogP contribution in [0.15, 0.2) is 0 Å². The van der Waals surface area contributed by atoms with Crippen LogP contribution in [0, 0.1) is 0 Å². The van der Waals surface area contributed by atoms with E-state index in [1.165, 1.54) is 0 Å². The van der Waals surface area contributed by atoms with Crippen molar-refractivity contribution in [3.8, 4) is 0 Å². The highest BCUT2D eigenvalue weighted by molar-refractivity contribution is 8.25. The van der Waals surface area contributed by atoms with E-state index in [9.17, 15) is 0 Å². The van der Waals surface area contributed by atoms with E-state index in [1.54, 1.807) is 0 Å². The Hall–Kier alpha value is 0.700. The predicted molar refractivity (Wildman–Crippen MR) is 142 cm³/mol. The molecular formula is C24H56N4P2. The molecule has 0 aliphatic heterocycles. The third-order valence-electron chi connectivity index (χ3n) is 5.22. The fourth-order valence-electron chi connectivity index (χ4n) is 4.65. The monoisotopic (exact) mass is 462 g/mol. The summed E-state index contributed by atoms with van der Waals surface area (Å²) in [4.78, 5) is 0. The first-order valence-electron chi connectivity index (χ1n) is 12.3. The van der Waals surface area contributed by atoms with Gasteiger partial charge in [-0.05, 0) is 111 Å². The summed E-state index contributed by atoms with van der Waals surface area (Å²) in [5.74, 6) is 0. The molecule has 0 saturated heterocycles. The lowest BCUT2D eigenvalue weighted by atomic mass is 10.3. The van der Waals surface area contributed by atoms with E-state index in [4.69, 9.17) is 0 Å². The molecule has 0 atom stereocenters. The average Bonchev–Trinajstić information content (AvgIpc) is 2.50. The highest BCUT2D eigenvalue weighted by atomic mass is 32.1. The van der Waals surface area contributed by atoms with Crippen molar-refractivity contribution in [2.75, 3.05) is 0 Å². The zero-order valence-electron chi connectivity index (χ0n) is 23.3. The van der Waals surface area contributed by atoms with Gasteiger partial charge in [-0.25, -0.2) is 0 Å². The van der Waals surface area contributed by atoms with E-state index in [0.29, 0.717) is 48.3 Å². The second-order valence-electron chi connectivity index (χ2n) is 10.8. The summed E-state index contributed by atoms with van der Waals surface area (Å²) in [6.45, 7) is 38.3. The molecule has 4 nitrogen and oxygen atoms in total. The maximum atomic E-state index is 2.86. The van der Waals surface area contributed by atoms with Crippen LogP contribution in [0.3, 0.4) is 0 Å². The van der Waals surface area contributed by atoms with Gasteiger partial charge in [0.25, 0.3) is 0 Å². The van der Waals surface area contributed by atoms with Crippen molar-refractivity contribution >= 4 is 15.8 Å². The molecule has 0 N–H and O–H groups in total. The SMILES string of the molecule is CC(C)N(C(C)C)P(N(C(C)C)C(C)C)P(N(C(C)C)C(C)C)N(C(C)C)C(C)C. The number of hydrogen-bond donors (Lipinski definition) is 0. The largest absolute Gasteiger partial charge is 0.259 e. The van der Waals surface area contributed by atoms with Crippen LogP contribution in [0.4, 0.5) is 0 Å². The Morgan fingerprint density at radius 3 is 0.433 bits per heavy atom. The normalized spacial score (nSPS) is 14.2. The Labute approximate surface area is 193 Å². The lowest BCUT2D eigenvalue weighted by Crippen LogP contribution is -2.48. The smallest absolute Gasteiger partial charge is 0.0985 e. The molecule has 182 valence electrons. The van der Waals surface area contributed by atoms with E-state index >= 15 is 0 Å². The Morgan fingerprint density at radius 2 is 0.367 bits per heavy atom. The van der Waals surface area contributed by atoms with Gasteiger partial charge in [0.05, 0.1) is 15.8 Å². The minimum absolute atomic E-state index is 0.517. The van der Waals surface area contributed by atoms with Gasteiger partial charge in [0, 0.05) is 48.3 Å². The van der Waals surface area contributed by atoms with Crippen molar-refractivity contribution in [3.63, 3.8) is 0 Å². The van der Waals surface area contributed by atoms with Gasteiger partial charge in [-0.15, -0.1) is 0 Å². The van der Waals surface area contributed by atoms with Crippen molar-refractivity contribution in [1.29, 1.82) is 0 Å². The molecular weight excluding hydrogens is 406 g/mol. The summed E-state index contributed by atoms with van der Waals surface area (Å²) >= 11 is 0. The third kappa shape index (κ3) is 7.93. The highest BCUT2D eigenvalue weighted by Crippen LogP contribution is 2.78. The quantitative estimate of drug-likeness (QED) is 0.257. The van der Waals surface area contributed by atoms with Crippen LogP contribution in [0.2, 0.25) is 0 Å². The summed E-state index contributed by atoms with van der Waals surface area (Å²) in [7, 11) is -1.07. The fraction of sp³-hybridized carbons (Fsp3) is 1.00. The Kier molecular flexibility index (Phi) is 13.7. The van der Waals surface area contributed by atoms with Crippen molar-refractivity contribution in [2.24, 2.45) is 0 Å². The fourth-order valence-corrected chi connectivity index (χ4v) is 16.3. The van der Waals surface area contributed by atoms with Gasteiger partial charge in [-0.3, -0.25) is 18.7 Å². The molecule has 0 aromatic rings. The molecule has 0 aliphatic carbocycles. The first kappa shape index (κ1) is 30.7. The topological polar surface area (TPSA) is 13.0 Å². The minimum Gasteiger partial charge on any atom is -0.259 e. The second-order valence-corrected chi connectivity index (χ2v) is 15.9. The molecule has 0 aromatic carbocycles. The minimum atomic E-state index is -0.534. The molecule has 0 saturated carbocycles. The molecule has 6 heteroatoms. The number of rotatable bonds is 13. The zero-order chi connectivity index (χ0) is 24.1. The first-order chi connectivity index (χ1) is 13.6. The number of hydrogen-bond acceptors (Lipinski definition) is 4. The summed E-state index contributed by atoms with van der Waals surface area (Å²) in [5.41, 5.74) is 0. The van der Waals surface area contributed by atoms with Gasteiger partial charge in [-0.1, -0.05) is 0 Å². The Balaban J connectivity index is 7.14. The molecule has 0 radical (unpaired) electrons. The van der Waals surface area contributed by atoms with Gasteiger partial charge < -0.3 is 0 Å². The van der Waals surface area contributed by atoms with Gasteiger partial charge in [0.2, 0.25) is 0 Å². The van der Waals surface area contributed by atoms with Crippen LogP contribution in [-0.2, 0) is 0 Å². The summed E-state index contributed by atoms with van der Waals surface area (Å²) in [6, 6.07) is 4.14. The van der Waals surface area contributed by atoms with E-state index in [-0.39, 0.29) is 0 Å². The van der Waals surface area contributed by atoms with Crippen LogP contribution in [0.5, 0.6) is 0 Å². The lowest BCUT2D eigenvalue weighted by molar-refractivity contribution is 0.242. The van der Waals surface area contributed by atoms with Crippen molar-refractivity contribution in [1.82, 2.24) is 18.7 Å². The van der Waals surface area contributed by atoms with Gasteiger partial charge in [0.1, 0.15) is 0 Å². The molecule has 0 unspecified atom stereocenters. The summed E-state index contributed by atoms with van der Waals surface area (Å²) in [6.07, 6.45) is 0. The maximum absolute atomic E-state index is 2.86. The molecule has 0 rings (SSSR count). The molecule has 30 heavy (non-hydrogen) atoms. The van der Waals surface area contributed by atoms with Crippen LogP contribution in [0.1, 0.15) is 111 Å². The first-order valence-corrected chi connectivity index (χ1v) is 15.5. The van der Waals surface area contributed by atoms with Crippen LogP contribution < -0.4 is 0 Å². The molecule has 0 amide bonds.